The van der Waals surface area contributed by atoms with E-state index in [9.17, 15) is 13.2 Å². The fourth-order valence-electron chi connectivity index (χ4n) is 3.45. The second kappa shape index (κ2) is 8.26. The summed E-state index contributed by atoms with van der Waals surface area (Å²) in [5.74, 6) is 0.0714. The number of amides is 1. The van der Waals surface area contributed by atoms with Gasteiger partial charge in [-0.3, -0.25) is 4.79 Å². The molecule has 2 aliphatic heterocycles. The van der Waals surface area contributed by atoms with Gasteiger partial charge in [-0.05, 0) is 32.1 Å². The summed E-state index contributed by atoms with van der Waals surface area (Å²) in [4.78, 5) is 13.8. The molecule has 0 aliphatic carbocycles. The standard InChI is InChI=1S/C15H29N3O3S/c1-22(20,21)18-12-6-14(7-13-18)15(19)16-8-5-11-17-9-3-2-4-10-17/h14H,2-13H2,1H3,(H,16,19)/p+1. The summed E-state index contributed by atoms with van der Waals surface area (Å²) >= 11 is 0. The average Bonchev–Trinajstić information content (AvgIpc) is 2.52. The third-order valence-corrected chi connectivity index (χ3v) is 6.16. The van der Waals surface area contributed by atoms with Crippen LogP contribution in [0.15, 0.2) is 0 Å². The molecule has 0 spiro atoms. The zero-order valence-electron chi connectivity index (χ0n) is 13.6. The van der Waals surface area contributed by atoms with Crippen molar-refractivity contribution in [2.75, 3.05) is 45.5 Å². The highest BCUT2D eigenvalue weighted by Crippen LogP contribution is 2.19. The van der Waals surface area contributed by atoms with E-state index in [1.165, 1.54) is 42.9 Å². The molecule has 0 bridgehead atoms. The second-order valence-corrected chi connectivity index (χ2v) is 8.62. The lowest BCUT2D eigenvalue weighted by Crippen LogP contribution is -3.12. The lowest BCUT2D eigenvalue weighted by atomic mass is 9.97. The smallest absolute Gasteiger partial charge is 0.223 e. The molecule has 22 heavy (non-hydrogen) atoms. The van der Waals surface area contributed by atoms with Gasteiger partial charge in [0.15, 0.2) is 0 Å². The van der Waals surface area contributed by atoms with Crippen molar-refractivity contribution in [3.63, 3.8) is 0 Å². The maximum atomic E-state index is 12.1. The molecular weight excluding hydrogens is 302 g/mol. The number of rotatable bonds is 6. The van der Waals surface area contributed by atoms with Crippen molar-refractivity contribution in [3.8, 4) is 0 Å². The Morgan fingerprint density at radius 1 is 1.18 bits per heavy atom. The molecule has 2 N–H and O–H groups in total. The first-order valence-corrected chi connectivity index (χ1v) is 10.4. The van der Waals surface area contributed by atoms with Crippen molar-refractivity contribution in [2.24, 2.45) is 5.92 Å². The predicted molar refractivity (Wildman–Crippen MR) is 86.2 cm³/mol. The number of likely N-dealkylation sites (tertiary alicyclic amines) is 1. The summed E-state index contributed by atoms with van der Waals surface area (Å²) in [6.45, 7) is 5.38. The van der Waals surface area contributed by atoms with Crippen LogP contribution < -0.4 is 10.2 Å². The van der Waals surface area contributed by atoms with Crippen LogP contribution in [0.5, 0.6) is 0 Å². The number of hydrogen-bond acceptors (Lipinski definition) is 3. The highest BCUT2D eigenvalue weighted by atomic mass is 32.2. The molecule has 1 amide bonds. The minimum absolute atomic E-state index is 0.0275. The van der Waals surface area contributed by atoms with E-state index in [1.807, 2.05) is 0 Å². The Balaban J connectivity index is 1.60. The zero-order chi connectivity index (χ0) is 16.0. The van der Waals surface area contributed by atoms with E-state index in [1.54, 1.807) is 4.90 Å². The van der Waals surface area contributed by atoms with Gasteiger partial charge in [-0.2, -0.15) is 0 Å². The highest BCUT2D eigenvalue weighted by molar-refractivity contribution is 7.88. The van der Waals surface area contributed by atoms with E-state index in [4.69, 9.17) is 0 Å². The monoisotopic (exact) mass is 332 g/mol. The lowest BCUT2D eigenvalue weighted by Gasteiger charge is -2.29. The summed E-state index contributed by atoms with van der Waals surface area (Å²) < 4.78 is 24.4. The molecular formula is C15H30N3O3S+. The van der Waals surface area contributed by atoms with Crippen LogP contribution >= 0.6 is 0 Å². The predicted octanol–water partition coefficient (Wildman–Crippen LogP) is -0.767. The SMILES string of the molecule is CS(=O)(=O)N1CCC(C(=O)NCCC[NH+]2CCCCC2)CC1. The minimum atomic E-state index is -3.11. The molecule has 2 heterocycles. The molecule has 0 aromatic heterocycles. The maximum absolute atomic E-state index is 12.1. The number of sulfonamides is 1. The molecule has 2 aliphatic rings. The van der Waals surface area contributed by atoms with Gasteiger partial charge in [-0.1, -0.05) is 0 Å². The van der Waals surface area contributed by atoms with Gasteiger partial charge in [0.2, 0.25) is 15.9 Å². The van der Waals surface area contributed by atoms with Crippen molar-refractivity contribution in [1.82, 2.24) is 9.62 Å². The van der Waals surface area contributed by atoms with Crippen LogP contribution in [0.1, 0.15) is 38.5 Å². The van der Waals surface area contributed by atoms with Crippen molar-refractivity contribution in [3.05, 3.63) is 0 Å². The highest BCUT2D eigenvalue weighted by Gasteiger charge is 2.28. The first-order valence-electron chi connectivity index (χ1n) is 8.53. The molecule has 6 nitrogen and oxygen atoms in total. The molecule has 0 aromatic carbocycles. The third-order valence-electron chi connectivity index (χ3n) is 4.86. The van der Waals surface area contributed by atoms with Crippen LogP contribution in [0, 0.1) is 5.92 Å². The van der Waals surface area contributed by atoms with E-state index in [0.29, 0.717) is 25.9 Å². The second-order valence-electron chi connectivity index (χ2n) is 6.64. The molecule has 2 rings (SSSR count). The number of hydrogen-bond donors (Lipinski definition) is 2. The van der Waals surface area contributed by atoms with E-state index in [2.05, 4.69) is 5.32 Å². The van der Waals surface area contributed by atoms with Gasteiger partial charge in [0.25, 0.3) is 0 Å². The zero-order valence-corrected chi connectivity index (χ0v) is 14.5. The van der Waals surface area contributed by atoms with Crippen LogP contribution in [-0.4, -0.2) is 64.2 Å². The Labute approximate surface area is 134 Å². The quantitative estimate of drug-likeness (QED) is 0.628. The lowest BCUT2D eigenvalue weighted by molar-refractivity contribution is -0.904. The Hall–Kier alpha value is -0.660. The third kappa shape index (κ3) is 5.52. The fourth-order valence-corrected chi connectivity index (χ4v) is 4.32. The van der Waals surface area contributed by atoms with Crippen LogP contribution in [0.25, 0.3) is 0 Å². The largest absolute Gasteiger partial charge is 0.356 e. The van der Waals surface area contributed by atoms with Gasteiger partial charge in [-0.15, -0.1) is 0 Å². The van der Waals surface area contributed by atoms with Crippen LogP contribution in [-0.2, 0) is 14.8 Å². The van der Waals surface area contributed by atoms with E-state index >= 15 is 0 Å². The number of nitrogens with zero attached hydrogens (tertiary/aromatic N) is 1. The Kier molecular flexibility index (Phi) is 6.65. The van der Waals surface area contributed by atoms with Crippen molar-refractivity contribution < 1.29 is 18.1 Å². The molecule has 0 saturated carbocycles. The number of piperidine rings is 2. The summed E-state index contributed by atoms with van der Waals surface area (Å²) in [6.07, 6.45) is 7.57. The Bertz CT molecular complexity index is 453. The molecule has 0 radical (unpaired) electrons. The average molecular weight is 332 g/mol. The van der Waals surface area contributed by atoms with Gasteiger partial charge in [0.1, 0.15) is 0 Å². The van der Waals surface area contributed by atoms with Gasteiger partial charge in [-0.25, -0.2) is 12.7 Å². The first-order chi connectivity index (χ1) is 10.5. The Morgan fingerprint density at radius 2 is 1.82 bits per heavy atom. The molecule has 2 fully saturated rings. The minimum Gasteiger partial charge on any atom is -0.356 e. The first kappa shape index (κ1) is 17.7. The fraction of sp³-hybridized carbons (Fsp3) is 0.933. The van der Waals surface area contributed by atoms with Gasteiger partial charge < -0.3 is 10.2 Å². The number of carbonyl (C=O) groups excluding carboxylic acids is 1. The summed E-state index contributed by atoms with van der Waals surface area (Å²) in [5.41, 5.74) is 0. The van der Waals surface area contributed by atoms with Gasteiger partial charge in [0, 0.05) is 32.0 Å². The van der Waals surface area contributed by atoms with Crippen LogP contribution in [0.2, 0.25) is 0 Å². The van der Waals surface area contributed by atoms with Gasteiger partial charge in [0.05, 0.1) is 25.9 Å². The summed E-state index contributed by atoms with van der Waals surface area (Å²) in [7, 11) is -3.11. The number of carbonyl (C=O) groups is 1. The Morgan fingerprint density at radius 3 is 2.41 bits per heavy atom. The number of nitrogens with one attached hydrogen (secondary N) is 2. The summed E-state index contributed by atoms with van der Waals surface area (Å²) in [5, 5.41) is 3.03. The summed E-state index contributed by atoms with van der Waals surface area (Å²) in [6, 6.07) is 0. The molecule has 0 atom stereocenters. The molecule has 128 valence electrons. The maximum Gasteiger partial charge on any atom is 0.223 e. The van der Waals surface area contributed by atoms with Crippen molar-refractivity contribution in [2.45, 2.75) is 38.5 Å². The van der Waals surface area contributed by atoms with E-state index in [-0.39, 0.29) is 11.8 Å². The normalized spacial score (nSPS) is 22.6. The topological polar surface area (TPSA) is 70.9 Å². The van der Waals surface area contributed by atoms with Crippen molar-refractivity contribution >= 4 is 15.9 Å². The number of quaternary nitrogens is 1. The molecule has 0 unspecified atom stereocenters. The van der Waals surface area contributed by atoms with Crippen LogP contribution in [0.4, 0.5) is 0 Å². The van der Waals surface area contributed by atoms with Crippen molar-refractivity contribution in [1.29, 1.82) is 0 Å². The van der Waals surface area contributed by atoms with Crippen LogP contribution in [0.3, 0.4) is 0 Å². The van der Waals surface area contributed by atoms with E-state index in [0.717, 1.165) is 19.5 Å². The molecule has 2 saturated heterocycles. The van der Waals surface area contributed by atoms with E-state index < -0.39 is 10.0 Å². The molecule has 0 aromatic rings. The molecule has 7 heteroatoms. The van der Waals surface area contributed by atoms with Gasteiger partial charge >= 0.3 is 0 Å².